The normalized spacial score (nSPS) is 14.9. The fourth-order valence-electron chi connectivity index (χ4n) is 2.77. The van der Waals surface area contributed by atoms with Crippen molar-refractivity contribution in [2.24, 2.45) is 0 Å². The predicted molar refractivity (Wildman–Crippen MR) is 100 cm³/mol. The van der Waals surface area contributed by atoms with Gasteiger partial charge in [0.1, 0.15) is 11.5 Å². The van der Waals surface area contributed by atoms with Gasteiger partial charge in [-0.3, -0.25) is 4.79 Å². The summed E-state index contributed by atoms with van der Waals surface area (Å²) in [5.41, 5.74) is 1.34. The summed E-state index contributed by atoms with van der Waals surface area (Å²) in [7, 11) is 0. The van der Waals surface area contributed by atoms with Gasteiger partial charge in [0, 0.05) is 0 Å². The molecule has 0 aromatic heterocycles. The number of ether oxygens (including phenoxy) is 1. The molecule has 0 saturated carbocycles. The lowest BCUT2D eigenvalue weighted by Crippen LogP contribution is -1.98. The molecule has 1 aliphatic heterocycles. The van der Waals surface area contributed by atoms with E-state index in [-0.39, 0.29) is 17.3 Å². The third-order valence-corrected chi connectivity index (χ3v) is 5.11. The highest BCUT2D eigenvalue weighted by atomic mass is 79.9. The van der Waals surface area contributed by atoms with Crippen LogP contribution in [0.1, 0.15) is 15.9 Å². The molecule has 0 saturated heterocycles. The summed E-state index contributed by atoms with van der Waals surface area (Å²) in [6.45, 7) is 0. The highest BCUT2D eigenvalue weighted by Crippen LogP contribution is 2.38. The first-order chi connectivity index (χ1) is 11.5. The van der Waals surface area contributed by atoms with Gasteiger partial charge in [-0.2, -0.15) is 0 Å². The molecule has 24 heavy (non-hydrogen) atoms. The summed E-state index contributed by atoms with van der Waals surface area (Å²) in [5, 5.41) is 11.7. The lowest BCUT2D eigenvalue weighted by molar-refractivity contribution is 0.101. The van der Waals surface area contributed by atoms with Crippen molar-refractivity contribution < 1.29 is 14.6 Å². The average molecular weight is 446 g/mol. The van der Waals surface area contributed by atoms with Gasteiger partial charge in [-0.05, 0) is 72.5 Å². The number of ketones is 1. The summed E-state index contributed by atoms with van der Waals surface area (Å²) < 4.78 is 6.84. The summed E-state index contributed by atoms with van der Waals surface area (Å²) in [5.74, 6) is 0.819. The van der Waals surface area contributed by atoms with Gasteiger partial charge in [0.15, 0.2) is 5.76 Å². The molecule has 1 heterocycles. The topological polar surface area (TPSA) is 46.5 Å². The van der Waals surface area contributed by atoms with E-state index in [0.29, 0.717) is 20.3 Å². The summed E-state index contributed by atoms with van der Waals surface area (Å²) in [4.78, 5) is 12.8. The second-order valence-corrected chi connectivity index (χ2v) is 7.14. The maximum atomic E-state index is 12.8. The Kier molecular flexibility index (Phi) is 3.70. The number of rotatable bonds is 1. The minimum atomic E-state index is -0.137. The van der Waals surface area contributed by atoms with E-state index in [1.807, 2.05) is 36.4 Å². The third kappa shape index (κ3) is 2.44. The molecule has 0 amide bonds. The zero-order valence-electron chi connectivity index (χ0n) is 12.2. The molecular formula is C19H10Br2O3. The van der Waals surface area contributed by atoms with Crippen LogP contribution < -0.4 is 4.74 Å². The van der Waals surface area contributed by atoms with Gasteiger partial charge < -0.3 is 9.84 Å². The second kappa shape index (κ2) is 5.76. The van der Waals surface area contributed by atoms with Crippen molar-refractivity contribution in [1.29, 1.82) is 0 Å². The van der Waals surface area contributed by atoms with Crippen LogP contribution in [-0.2, 0) is 0 Å². The van der Waals surface area contributed by atoms with Crippen molar-refractivity contribution in [3.63, 3.8) is 0 Å². The number of phenolic OH excluding ortho intramolecular Hbond substituents is 1. The van der Waals surface area contributed by atoms with Crippen LogP contribution in [0.3, 0.4) is 0 Å². The van der Waals surface area contributed by atoms with E-state index in [1.165, 1.54) is 0 Å². The van der Waals surface area contributed by atoms with Gasteiger partial charge >= 0.3 is 0 Å². The van der Waals surface area contributed by atoms with Crippen molar-refractivity contribution in [3.8, 4) is 11.5 Å². The van der Waals surface area contributed by atoms with Crippen LogP contribution in [-0.4, -0.2) is 10.9 Å². The molecular weight excluding hydrogens is 436 g/mol. The van der Waals surface area contributed by atoms with Crippen LogP contribution in [0.2, 0.25) is 0 Å². The first-order valence-electron chi connectivity index (χ1n) is 7.18. The summed E-state index contributed by atoms with van der Waals surface area (Å²) in [6, 6.07) is 15.0. The van der Waals surface area contributed by atoms with E-state index in [2.05, 4.69) is 31.9 Å². The maximum Gasteiger partial charge on any atom is 0.232 e. The number of hydrogen-bond acceptors (Lipinski definition) is 3. The monoisotopic (exact) mass is 444 g/mol. The van der Waals surface area contributed by atoms with Crippen molar-refractivity contribution in [2.45, 2.75) is 0 Å². The maximum absolute atomic E-state index is 12.8. The quantitative estimate of drug-likeness (QED) is 0.489. The van der Waals surface area contributed by atoms with Gasteiger partial charge in [0.25, 0.3) is 0 Å². The number of fused-ring (bicyclic) bond motifs is 3. The standard InChI is InChI=1S/C19H10Br2O3/c20-13-7-10(8-14(21)18(13)22)9-16-19(23)17-12-4-2-1-3-11(12)5-6-15(17)24-16/h1-9,22H/b16-9-. The molecule has 0 unspecified atom stereocenters. The Bertz CT molecular complexity index is 1010. The average Bonchev–Trinajstić information content (AvgIpc) is 2.89. The van der Waals surface area contributed by atoms with Crippen LogP contribution >= 0.6 is 31.9 Å². The van der Waals surface area contributed by atoms with Crippen LogP contribution in [0.5, 0.6) is 11.5 Å². The number of phenols is 1. The van der Waals surface area contributed by atoms with Crippen molar-refractivity contribution in [1.82, 2.24) is 0 Å². The Morgan fingerprint density at radius 3 is 2.46 bits per heavy atom. The molecule has 0 spiro atoms. The molecule has 118 valence electrons. The number of benzene rings is 3. The Morgan fingerprint density at radius 2 is 1.71 bits per heavy atom. The Hall–Kier alpha value is -2.11. The van der Waals surface area contributed by atoms with Gasteiger partial charge in [0.05, 0.1) is 14.5 Å². The molecule has 0 aliphatic carbocycles. The number of carbonyl (C=O) groups excluding carboxylic acids is 1. The Morgan fingerprint density at radius 1 is 1.00 bits per heavy atom. The van der Waals surface area contributed by atoms with Crippen LogP contribution in [0.25, 0.3) is 16.8 Å². The van der Waals surface area contributed by atoms with Crippen molar-refractivity contribution >= 4 is 54.5 Å². The molecule has 5 heteroatoms. The van der Waals surface area contributed by atoms with Crippen molar-refractivity contribution in [2.75, 3.05) is 0 Å². The molecule has 3 nitrogen and oxygen atoms in total. The zero-order chi connectivity index (χ0) is 16.8. The molecule has 0 fully saturated rings. The fourth-order valence-corrected chi connectivity index (χ4v) is 4.00. The highest BCUT2D eigenvalue weighted by molar-refractivity contribution is 9.11. The van der Waals surface area contributed by atoms with E-state index in [1.54, 1.807) is 18.2 Å². The van der Waals surface area contributed by atoms with Crippen LogP contribution in [0.4, 0.5) is 0 Å². The first-order valence-corrected chi connectivity index (χ1v) is 8.77. The smallest absolute Gasteiger partial charge is 0.232 e. The van der Waals surface area contributed by atoms with Gasteiger partial charge in [-0.1, -0.05) is 30.3 Å². The van der Waals surface area contributed by atoms with Gasteiger partial charge in [-0.15, -0.1) is 0 Å². The SMILES string of the molecule is O=C1/C(=C/c2cc(Br)c(O)c(Br)c2)Oc2ccc3ccccc3c21. The minimum Gasteiger partial charge on any atom is -0.506 e. The lowest BCUT2D eigenvalue weighted by Gasteiger charge is -2.03. The number of aromatic hydroxyl groups is 1. The fraction of sp³-hybridized carbons (Fsp3) is 0. The zero-order valence-corrected chi connectivity index (χ0v) is 15.4. The summed E-state index contributed by atoms with van der Waals surface area (Å²) >= 11 is 6.57. The van der Waals surface area contributed by atoms with E-state index in [9.17, 15) is 9.90 Å². The molecule has 3 aromatic rings. The molecule has 3 aromatic carbocycles. The van der Waals surface area contributed by atoms with E-state index >= 15 is 0 Å². The van der Waals surface area contributed by atoms with Crippen molar-refractivity contribution in [3.05, 3.63) is 74.4 Å². The molecule has 0 radical (unpaired) electrons. The molecule has 1 N–H and O–H groups in total. The number of hydrogen-bond donors (Lipinski definition) is 1. The summed E-state index contributed by atoms with van der Waals surface area (Å²) in [6.07, 6.45) is 1.67. The van der Waals surface area contributed by atoms with Gasteiger partial charge in [-0.25, -0.2) is 0 Å². The molecule has 0 atom stereocenters. The van der Waals surface area contributed by atoms with E-state index < -0.39 is 0 Å². The number of carbonyl (C=O) groups is 1. The number of allylic oxidation sites excluding steroid dienone is 1. The van der Waals surface area contributed by atoms with Gasteiger partial charge in [0.2, 0.25) is 5.78 Å². The number of Topliss-reactive ketones (excluding diaryl/α,β-unsaturated/α-hetero) is 1. The Balaban J connectivity index is 1.82. The van der Waals surface area contributed by atoms with E-state index in [0.717, 1.165) is 16.3 Å². The lowest BCUT2D eigenvalue weighted by atomic mass is 10.0. The van der Waals surface area contributed by atoms with E-state index in [4.69, 9.17) is 4.74 Å². The molecule has 0 bridgehead atoms. The predicted octanol–water partition coefficient (Wildman–Crippen LogP) is 5.69. The second-order valence-electron chi connectivity index (χ2n) is 5.43. The number of halogens is 2. The third-order valence-electron chi connectivity index (χ3n) is 3.90. The van der Waals surface area contributed by atoms with Crippen LogP contribution in [0.15, 0.2) is 63.2 Å². The molecule has 1 aliphatic rings. The molecule has 4 rings (SSSR count). The Labute approximate surface area is 154 Å². The highest BCUT2D eigenvalue weighted by Gasteiger charge is 2.29. The van der Waals surface area contributed by atoms with Crippen LogP contribution in [0, 0.1) is 0 Å². The largest absolute Gasteiger partial charge is 0.506 e. The first kappa shape index (κ1) is 15.4. The minimum absolute atomic E-state index is 0.116.